The predicted octanol–water partition coefficient (Wildman–Crippen LogP) is 5.53. The van der Waals surface area contributed by atoms with Crippen LogP contribution in [0.5, 0.6) is 0 Å². The van der Waals surface area contributed by atoms with Crippen molar-refractivity contribution in [3.05, 3.63) is 107 Å². The predicted molar refractivity (Wildman–Crippen MR) is 240 cm³/mol. The first kappa shape index (κ1) is 44.4. The van der Waals surface area contributed by atoms with E-state index in [1.807, 2.05) is 36.4 Å². The SMILES string of the molecule is CCN(C)S(=O)(=O)Nc1ccc(F)c(C(=O)c2c[nH]c3ncc(-c4ccc(N5CCC(NC(=O)CN6CCC(c7ccc(NC8CCC(=O)NC8=O)cc7)CC6)CC5)cc4)cc23)c1F. The molecule has 1 atom stereocenters. The lowest BCUT2D eigenvalue weighted by atomic mass is 9.89. The average Bonchev–Trinajstić information content (AvgIpc) is 3.72. The van der Waals surface area contributed by atoms with Crippen molar-refractivity contribution in [3.8, 4) is 11.1 Å². The Kier molecular flexibility index (Phi) is 13.1. The third kappa shape index (κ3) is 9.78. The van der Waals surface area contributed by atoms with Crippen LogP contribution in [0.25, 0.3) is 22.2 Å². The maximum Gasteiger partial charge on any atom is 0.301 e. The number of amides is 3. The number of ketones is 1. The molecule has 0 aliphatic carbocycles. The molecule has 5 N–H and O–H groups in total. The summed E-state index contributed by atoms with van der Waals surface area (Å²) in [6, 6.07) is 19.2. The Morgan fingerprint density at radius 2 is 1.62 bits per heavy atom. The molecular formula is C46H51F2N9O6S. The second-order valence-electron chi connectivity index (χ2n) is 16.7. The number of anilines is 3. The Labute approximate surface area is 370 Å². The van der Waals surface area contributed by atoms with Gasteiger partial charge in [-0.1, -0.05) is 31.2 Å². The molecule has 2 aromatic heterocycles. The number of aromatic nitrogens is 2. The number of nitrogens with zero attached hydrogens (tertiary/aromatic N) is 4. The Morgan fingerprint density at radius 3 is 2.31 bits per heavy atom. The highest BCUT2D eigenvalue weighted by molar-refractivity contribution is 7.90. The van der Waals surface area contributed by atoms with Gasteiger partial charge in [0, 0.05) is 79.4 Å². The molecule has 8 rings (SSSR count). The largest absolute Gasteiger partial charge is 0.374 e. The minimum absolute atomic E-state index is 0.0220. The molecule has 3 aromatic carbocycles. The summed E-state index contributed by atoms with van der Waals surface area (Å²) in [7, 11) is -2.84. The van der Waals surface area contributed by atoms with Gasteiger partial charge in [0.25, 0.3) is 0 Å². The topological polar surface area (TPSA) is 189 Å². The lowest BCUT2D eigenvalue weighted by Crippen LogP contribution is -2.48. The molecule has 0 saturated carbocycles. The van der Waals surface area contributed by atoms with E-state index in [0.717, 1.165) is 85.2 Å². The van der Waals surface area contributed by atoms with Gasteiger partial charge < -0.3 is 20.5 Å². The van der Waals surface area contributed by atoms with Gasteiger partial charge in [-0.05, 0) is 105 Å². The highest BCUT2D eigenvalue weighted by Gasteiger charge is 2.29. The molecule has 64 heavy (non-hydrogen) atoms. The summed E-state index contributed by atoms with van der Waals surface area (Å²) >= 11 is 0. The average molecular weight is 896 g/mol. The van der Waals surface area contributed by atoms with Crippen molar-refractivity contribution in [3.63, 3.8) is 0 Å². The summed E-state index contributed by atoms with van der Waals surface area (Å²) in [5, 5.41) is 9.20. The lowest BCUT2D eigenvalue weighted by Gasteiger charge is -2.35. The fourth-order valence-corrected chi connectivity index (χ4v) is 9.57. The highest BCUT2D eigenvalue weighted by atomic mass is 32.2. The van der Waals surface area contributed by atoms with Crippen molar-refractivity contribution in [2.45, 2.75) is 63.5 Å². The molecule has 3 amide bonds. The summed E-state index contributed by atoms with van der Waals surface area (Å²) in [6.45, 7) is 5.27. The van der Waals surface area contributed by atoms with Crippen molar-refractivity contribution < 1.29 is 36.4 Å². The number of piperidine rings is 3. The molecule has 0 radical (unpaired) electrons. The van der Waals surface area contributed by atoms with Gasteiger partial charge in [-0.15, -0.1) is 0 Å². The van der Waals surface area contributed by atoms with Crippen LogP contribution in [0.15, 0.2) is 79.1 Å². The number of benzene rings is 3. The minimum atomic E-state index is -4.14. The quantitative estimate of drug-likeness (QED) is 0.0701. The van der Waals surface area contributed by atoms with Crippen molar-refractivity contribution in [2.24, 2.45) is 0 Å². The van der Waals surface area contributed by atoms with Gasteiger partial charge in [0.2, 0.25) is 23.5 Å². The number of carbonyl (C=O) groups excluding carboxylic acids is 4. The van der Waals surface area contributed by atoms with Gasteiger partial charge >= 0.3 is 10.2 Å². The molecule has 5 heterocycles. The van der Waals surface area contributed by atoms with E-state index in [9.17, 15) is 27.6 Å². The molecule has 3 aliphatic rings. The highest BCUT2D eigenvalue weighted by Crippen LogP contribution is 2.32. The minimum Gasteiger partial charge on any atom is -0.374 e. The first-order valence-corrected chi connectivity index (χ1v) is 23.0. The Morgan fingerprint density at radius 1 is 0.906 bits per heavy atom. The number of halogens is 2. The van der Waals surface area contributed by atoms with Crippen LogP contribution in [-0.2, 0) is 24.6 Å². The van der Waals surface area contributed by atoms with Gasteiger partial charge in [0.1, 0.15) is 17.5 Å². The third-order valence-corrected chi connectivity index (χ3v) is 14.1. The molecule has 0 bridgehead atoms. The van der Waals surface area contributed by atoms with Crippen molar-refractivity contribution in [2.75, 3.05) is 61.3 Å². The van der Waals surface area contributed by atoms with Gasteiger partial charge in [-0.2, -0.15) is 12.7 Å². The summed E-state index contributed by atoms with van der Waals surface area (Å²) < 4.78 is 58.8. The first-order chi connectivity index (χ1) is 30.8. The molecule has 3 saturated heterocycles. The van der Waals surface area contributed by atoms with Crippen LogP contribution in [0.4, 0.5) is 25.8 Å². The Bertz CT molecular complexity index is 2660. The molecule has 3 aliphatic heterocycles. The number of imide groups is 1. The molecule has 3 fully saturated rings. The van der Waals surface area contributed by atoms with Gasteiger partial charge in [-0.3, -0.25) is 34.1 Å². The second kappa shape index (κ2) is 18.8. The molecule has 18 heteroatoms. The smallest absolute Gasteiger partial charge is 0.301 e. The van der Waals surface area contributed by atoms with Crippen LogP contribution in [0, 0.1) is 11.6 Å². The van der Waals surface area contributed by atoms with Crippen LogP contribution in [0.2, 0.25) is 0 Å². The van der Waals surface area contributed by atoms with Crippen LogP contribution in [-0.4, -0.2) is 109 Å². The van der Waals surface area contributed by atoms with Crippen LogP contribution >= 0.6 is 0 Å². The molecule has 0 spiro atoms. The maximum absolute atomic E-state index is 15.6. The number of H-pyrrole nitrogens is 1. The standard InChI is InChI=1S/C46H51F2N9O6S/c1-3-55(2)64(62,63)54-38-13-12-37(47)42(43(38)48)44(60)36-26-50-45-35(36)24-31(25-49-45)29-6-10-34(11-7-29)57-22-18-33(19-23-57)52-41(59)27-56-20-16-30(17-21-56)28-4-8-32(9-5-28)51-39-14-15-40(58)53-46(39)61/h4-13,24-26,30,33,39,51,54H,3,14-23,27H2,1-2H3,(H,49,50)(H,52,59)(H,53,58,61). The van der Waals surface area contributed by atoms with E-state index >= 15 is 8.78 Å². The molecule has 15 nitrogen and oxygen atoms in total. The summed E-state index contributed by atoms with van der Waals surface area (Å²) in [6.07, 6.45) is 7.29. The zero-order valence-corrected chi connectivity index (χ0v) is 36.4. The van der Waals surface area contributed by atoms with E-state index in [4.69, 9.17) is 0 Å². The number of aromatic amines is 1. The number of carbonyl (C=O) groups is 4. The number of pyridine rings is 1. The van der Waals surface area contributed by atoms with E-state index in [1.165, 1.54) is 18.8 Å². The fraction of sp³-hybridized carbons (Fsp3) is 0.370. The zero-order valence-electron chi connectivity index (χ0n) is 35.6. The Balaban J connectivity index is 0.813. The molecule has 5 aromatic rings. The molecule has 1 unspecified atom stereocenters. The van der Waals surface area contributed by atoms with E-state index in [1.54, 1.807) is 19.2 Å². The number of hydrogen-bond donors (Lipinski definition) is 5. The van der Waals surface area contributed by atoms with E-state index in [2.05, 4.69) is 52.6 Å². The molecule has 336 valence electrons. The van der Waals surface area contributed by atoms with Gasteiger partial charge in [0.05, 0.1) is 17.8 Å². The summed E-state index contributed by atoms with van der Waals surface area (Å²) in [4.78, 5) is 62.2. The van der Waals surface area contributed by atoms with Gasteiger partial charge in [-0.25, -0.2) is 13.8 Å². The summed E-state index contributed by atoms with van der Waals surface area (Å²) in [5.74, 6) is -3.52. The normalized spacial score (nSPS) is 18.0. The van der Waals surface area contributed by atoms with Gasteiger partial charge in [0.15, 0.2) is 5.82 Å². The second-order valence-corrected chi connectivity index (χ2v) is 18.4. The fourth-order valence-electron chi connectivity index (χ4n) is 8.64. The first-order valence-electron chi connectivity index (χ1n) is 21.6. The number of likely N-dealkylation sites (tertiary alicyclic amines) is 1. The molecular weight excluding hydrogens is 845 g/mol. The van der Waals surface area contributed by atoms with E-state index < -0.39 is 44.9 Å². The number of hydrogen-bond acceptors (Lipinski definition) is 10. The lowest BCUT2D eigenvalue weighted by molar-refractivity contribution is -0.133. The van der Waals surface area contributed by atoms with E-state index in [-0.39, 0.29) is 35.9 Å². The number of fused-ring (bicyclic) bond motifs is 1. The zero-order chi connectivity index (χ0) is 45.1. The van der Waals surface area contributed by atoms with Crippen molar-refractivity contribution in [1.82, 2.24) is 29.8 Å². The number of nitrogens with one attached hydrogen (secondary N) is 5. The third-order valence-electron chi connectivity index (χ3n) is 12.5. The monoisotopic (exact) mass is 895 g/mol. The summed E-state index contributed by atoms with van der Waals surface area (Å²) in [5.41, 5.74) is 3.48. The number of rotatable bonds is 14. The van der Waals surface area contributed by atoms with Crippen LogP contribution < -0.4 is 25.6 Å². The van der Waals surface area contributed by atoms with Crippen LogP contribution in [0.3, 0.4) is 0 Å². The maximum atomic E-state index is 15.6. The van der Waals surface area contributed by atoms with Crippen LogP contribution in [0.1, 0.15) is 72.9 Å². The van der Waals surface area contributed by atoms with Crippen molar-refractivity contribution in [1.29, 1.82) is 0 Å². The Hall–Kier alpha value is -6.24. The van der Waals surface area contributed by atoms with E-state index in [0.29, 0.717) is 41.9 Å². The van der Waals surface area contributed by atoms with Crippen molar-refractivity contribution >= 4 is 61.8 Å².